The number of alkyl halides is 1. The number of anilines is 1. The zero-order valence-corrected chi connectivity index (χ0v) is 20.7. The van der Waals surface area contributed by atoms with E-state index < -0.39 is 5.82 Å². The van der Waals surface area contributed by atoms with Crippen molar-refractivity contribution in [1.29, 1.82) is 5.26 Å². The van der Waals surface area contributed by atoms with Crippen molar-refractivity contribution >= 4 is 27.3 Å². The summed E-state index contributed by atoms with van der Waals surface area (Å²) in [4.78, 5) is 13.7. The Bertz CT molecular complexity index is 1340. The molecule has 3 fully saturated rings. The molecule has 0 spiro atoms. The first-order chi connectivity index (χ1) is 17.0. The molecule has 35 heavy (non-hydrogen) atoms. The molecular formula is C25H23BrFN7O. The van der Waals surface area contributed by atoms with E-state index in [0.717, 1.165) is 47.7 Å². The van der Waals surface area contributed by atoms with Gasteiger partial charge in [-0.1, -0.05) is 22.0 Å². The number of rotatable bonds is 5. The van der Waals surface area contributed by atoms with E-state index in [1.54, 1.807) is 12.4 Å². The number of nitriles is 1. The quantitative estimate of drug-likeness (QED) is 0.463. The third-order valence-corrected chi connectivity index (χ3v) is 7.61. The maximum Gasteiger partial charge on any atom is 0.250 e. The summed E-state index contributed by atoms with van der Waals surface area (Å²) in [6.45, 7) is 3.14. The number of halogens is 2. The zero-order chi connectivity index (χ0) is 24.1. The fourth-order valence-corrected chi connectivity index (χ4v) is 5.92. The highest BCUT2D eigenvalue weighted by Crippen LogP contribution is 2.37. The van der Waals surface area contributed by atoms with Crippen molar-refractivity contribution in [1.82, 2.24) is 24.6 Å². The van der Waals surface area contributed by atoms with Crippen LogP contribution in [0.25, 0.3) is 5.57 Å². The van der Waals surface area contributed by atoms with Crippen LogP contribution in [0.5, 0.6) is 5.88 Å². The van der Waals surface area contributed by atoms with Crippen molar-refractivity contribution in [3.05, 3.63) is 71.1 Å². The Kier molecular flexibility index (Phi) is 5.54. The molecule has 4 aliphatic heterocycles. The Hall–Kier alpha value is -3.29. The molecule has 3 saturated heterocycles. The van der Waals surface area contributed by atoms with E-state index in [1.165, 1.54) is 13.2 Å². The number of methoxy groups -OCH3 is 1. The van der Waals surface area contributed by atoms with E-state index >= 15 is 0 Å². The zero-order valence-electron chi connectivity index (χ0n) is 19.1. The summed E-state index contributed by atoms with van der Waals surface area (Å²) in [5, 5.41) is 13.9. The topological polar surface area (TPSA) is 83.1 Å². The second-order valence-corrected chi connectivity index (χ2v) is 10.3. The summed E-state index contributed by atoms with van der Waals surface area (Å²) in [5.74, 6) is 0.550. The van der Waals surface area contributed by atoms with Gasteiger partial charge in [-0.3, -0.25) is 9.58 Å². The first-order valence-corrected chi connectivity index (χ1v) is 12.4. The number of hydrogen-bond donors (Lipinski definition) is 0. The normalized spacial score (nSPS) is 23.2. The fraction of sp³-hybridized carbons (Fsp3) is 0.360. The minimum atomic E-state index is -0.425. The minimum absolute atomic E-state index is 0.0298. The number of allylic oxidation sites excluding steroid dienone is 1. The van der Waals surface area contributed by atoms with Crippen molar-refractivity contribution < 1.29 is 9.13 Å². The summed E-state index contributed by atoms with van der Waals surface area (Å²) in [6, 6.07) is 8.70. The molecule has 0 aromatic carbocycles. The standard InChI is InChI=1S/C25H23BrFN7O/c1-35-25-22(27)4-15(8-30-25)11-33-19-6-20(33)14-32(13-19)23-3-2-16(9-29-23)21-5-18(26)12-34-24(21)17(7-28)10-31-34/h2-5,8-10,18-20H,6,11-14H2,1H3. The molecule has 10 heteroatoms. The number of fused-ring (bicyclic) bond motifs is 3. The van der Waals surface area contributed by atoms with Crippen LogP contribution in [0.15, 0.2) is 42.9 Å². The number of piperidine rings is 1. The van der Waals surface area contributed by atoms with Gasteiger partial charge in [-0.15, -0.1) is 0 Å². The monoisotopic (exact) mass is 535 g/mol. The first-order valence-electron chi connectivity index (χ1n) is 11.5. The third-order valence-electron chi connectivity index (χ3n) is 7.06. The molecule has 2 bridgehead atoms. The Morgan fingerprint density at radius 3 is 2.69 bits per heavy atom. The largest absolute Gasteiger partial charge is 0.479 e. The summed E-state index contributed by atoms with van der Waals surface area (Å²) >= 11 is 3.67. The van der Waals surface area contributed by atoms with Gasteiger partial charge in [0.2, 0.25) is 5.88 Å². The molecule has 0 amide bonds. The fourth-order valence-electron chi connectivity index (χ4n) is 5.38. The molecule has 7 heterocycles. The highest BCUT2D eigenvalue weighted by Gasteiger charge is 2.44. The highest BCUT2D eigenvalue weighted by molar-refractivity contribution is 9.09. The molecule has 4 aliphatic rings. The lowest BCUT2D eigenvalue weighted by Crippen LogP contribution is -2.68. The second-order valence-electron chi connectivity index (χ2n) is 9.16. The predicted molar refractivity (Wildman–Crippen MR) is 132 cm³/mol. The van der Waals surface area contributed by atoms with Gasteiger partial charge in [0.05, 0.1) is 35.9 Å². The van der Waals surface area contributed by atoms with Crippen molar-refractivity contribution in [2.24, 2.45) is 0 Å². The van der Waals surface area contributed by atoms with Crippen LogP contribution in [0.1, 0.15) is 28.8 Å². The number of hydrogen-bond acceptors (Lipinski definition) is 7. The van der Waals surface area contributed by atoms with Gasteiger partial charge in [0.1, 0.15) is 11.9 Å². The van der Waals surface area contributed by atoms with Crippen LogP contribution in [-0.4, -0.2) is 61.8 Å². The summed E-state index contributed by atoms with van der Waals surface area (Å²) < 4.78 is 20.8. The van der Waals surface area contributed by atoms with E-state index in [9.17, 15) is 9.65 Å². The maximum atomic E-state index is 14.0. The van der Waals surface area contributed by atoms with Gasteiger partial charge >= 0.3 is 0 Å². The number of piperazine rings is 1. The van der Waals surface area contributed by atoms with Crippen LogP contribution < -0.4 is 9.64 Å². The van der Waals surface area contributed by atoms with Crippen LogP contribution in [0.4, 0.5) is 10.2 Å². The molecule has 0 radical (unpaired) electrons. The van der Waals surface area contributed by atoms with Gasteiger partial charge in [0, 0.05) is 55.2 Å². The Labute approximate surface area is 210 Å². The van der Waals surface area contributed by atoms with Crippen LogP contribution in [0.2, 0.25) is 0 Å². The Morgan fingerprint density at radius 2 is 2.00 bits per heavy atom. The van der Waals surface area contributed by atoms with Crippen LogP contribution in [0.3, 0.4) is 0 Å². The lowest BCUT2D eigenvalue weighted by atomic mass is 9.87. The Morgan fingerprint density at radius 1 is 1.17 bits per heavy atom. The van der Waals surface area contributed by atoms with E-state index in [4.69, 9.17) is 9.72 Å². The van der Waals surface area contributed by atoms with Gasteiger partial charge in [-0.05, 0) is 30.2 Å². The van der Waals surface area contributed by atoms with Gasteiger partial charge in [0.15, 0.2) is 5.82 Å². The molecular weight excluding hydrogens is 513 g/mol. The lowest BCUT2D eigenvalue weighted by Gasteiger charge is -2.56. The Balaban J connectivity index is 1.15. The average molecular weight is 536 g/mol. The van der Waals surface area contributed by atoms with Crippen LogP contribution in [-0.2, 0) is 13.1 Å². The predicted octanol–water partition coefficient (Wildman–Crippen LogP) is 3.36. The molecule has 0 aliphatic carbocycles. The highest BCUT2D eigenvalue weighted by atomic mass is 79.9. The average Bonchev–Trinajstić information content (AvgIpc) is 3.30. The van der Waals surface area contributed by atoms with E-state index in [1.807, 2.05) is 10.9 Å². The molecule has 3 aromatic heterocycles. The molecule has 3 atom stereocenters. The number of aromatic nitrogens is 4. The third kappa shape index (κ3) is 3.89. The van der Waals surface area contributed by atoms with Gasteiger partial charge in [0.25, 0.3) is 0 Å². The van der Waals surface area contributed by atoms with Gasteiger partial charge in [-0.2, -0.15) is 10.4 Å². The van der Waals surface area contributed by atoms with Crippen molar-refractivity contribution in [2.45, 2.75) is 36.4 Å². The van der Waals surface area contributed by atoms with Crippen LogP contribution in [0, 0.1) is 17.1 Å². The summed E-state index contributed by atoms with van der Waals surface area (Å²) in [7, 11) is 1.42. The molecule has 3 aromatic rings. The lowest BCUT2D eigenvalue weighted by molar-refractivity contribution is -0.00884. The molecule has 0 N–H and O–H groups in total. The smallest absolute Gasteiger partial charge is 0.250 e. The SMILES string of the molecule is COc1ncc(CN2C3CC2CN(c2ccc(C4=CC(Br)Cn5ncc(C#N)c54)cn2)C3)cc1F. The number of pyridine rings is 2. The second kappa shape index (κ2) is 8.73. The number of nitrogens with zero attached hydrogens (tertiary/aromatic N) is 7. The van der Waals surface area contributed by atoms with E-state index in [0.29, 0.717) is 30.7 Å². The number of ether oxygens (including phenoxy) is 1. The molecule has 0 saturated carbocycles. The van der Waals surface area contributed by atoms with Crippen molar-refractivity contribution in [2.75, 3.05) is 25.1 Å². The molecule has 7 rings (SSSR count). The maximum absolute atomic E-state index is 14.0. The van der Waals surface area contributed by atoms with Gasteiger partial charge in [-0.25, -0.2) is 14.4 Å². The van der Waals surface area contributed by atoms with Crippen molar-refractivity contribution in [3.8, 4) is 11.9 Å². The van der Waals surface area contributed by atoms with Crippen molar-refractivity contribution in [3.63, 3.8) is 0 Å². The minimum Gasteiger partial charge on any atom is -0.479 e. The molecule has 3 unspecified atom stereocenters. The summed E-state index contributed by atoms with van der Waals surface area (Å²) in [6.07, 6.45) is 8.46. The molecule has 8 nitrogen and oxygen atoms in total. The van der Waals surface area contributed by atoms with Gasteiger partial charge < -0.3 is 9.64 Å². The molecule has 178 valence electrons. The first kappa shape index (κ1) is 22.2. The van der Waals surface area contributed by atoms with E-state index in [-0.39, 0.29) is 10.7 Å². The van der Waals surface area contributed by atoms with E-state index in [2.05, 4.69) is 60.1 Å². The van der Waals surface area contributed by atoms with Crippen LogP contribution >= 0.6 is 15.9 Å². The summed E-state index contributed by atoms with van der Waals surface area (Å²) in [5.41, 5.74) is 4.21.